The van der Waals surface area contributed by atoms with Gasteiger partial charge in [0.25, 0.3) is 0 Å². The normalized spacial score (nSPS) is 16.2. The van der Waals surface area contributed by atoms with Gasteiger partial charge in [-0.05, 0) is 48.4 Å². The molecule has 6 heteroatoms. The topological polar surface area (TPSA) is 47.3 Å². The molecule has 1 saturated heterocycles. The highest BCUT2D eigenvalue weighted by Crippen LogP contribution is 2.38. The zero-order chi connectivity index (χ0) is 20.6. The molecule has 0 aromatic heterocycles. The van der Waals surface area contributed by atoms with E-state index in [2.05, 4.69) is 17.9 Å². The molecule has 152 valence electrons. The molecular weight excluding hydrogens is 385 g/mol. The number of carbonyl (C=O) groups is 1. The van der Waals surface area contributed by atoms with Crippen molar-refractivity contribution in [3.8, 4) is 6.07 Å². The number of amides is 1. The van der Waals surface area contributed by atoms with E-state index in [4.69, 9.17) is 5.26 Å². The molecule has 2 aromatic rings. The molecule has 0 radical (unpaired) electrons. The number of thioether (sulfide) groups is 1. The molecule has 1 fully saturated rings. The van der Waals surface area contributed by atoms with Crippen LogP contribution in [0.3, 0.4) is 0 Å². The molecule has 0 saturated carbocycles. The summed E-state index contributed by atoms with van der Waals surface area (Å²) < 4.78 is 13.3. The lowest BCUT2D eigenvalue weighted by Crippen LogP contribution is -2.40. The number of hydrogen-bond donors (Lipinski definition) is 0. The zero-order valence-electron chi connectivity index (χ0n) is 16.7. The minimum atomic E-state index is -0.264. The third-order valence-electron chi connectivity index (χ3n) is 5.02. The van der Waals surface area contributed by atoms with Crippen LogP contribution in [0.5, 0.6) is 0 Å². The maximum absolute atomic E-state index is 13.3. The van der Waals surface area contributed by atoms with Crippen molar-refractivity contribution in [3.05, 3.63) is 71.0 Å². The van der Waals surface area contributed by atoms with Crippen molar-refractivity contribution in [2.75, 3.05) is 25.4 Å². The van der Waals surface area contributed by atoms with E-state index in [1.807, 2.05) is 23.1 Å². The number of nitrogens with zero attached hydrogens (tertiary/aromatic N) is 3. The molecule has 1 atom stereocenters. The summed E-state index contributed by atoms with van der Waals surface area (Å²) in [5, 5.41) is 9.07. The van der Waals surface area contributed by atoms with Gasteiger partial charge < -0.3 is 4.90 Å². The lowest BCUT2D eigenvalue weighted by atomic mass is 10.1. The average Bonchev–Trinajstić information content (AvgIpc) is 3.22. The first-order chi connectivity index (χ1) is 14.1. The van der Waals surface area contributed by atoms with Crippen molar-refractivity contribution in [1.82, 2.24) is 9.80 Å². The van der Waals surface area contributed by atoms with Crippen LogP contribution >= 0.6 is 11.8 Å². The van der Waals surface area contributed by atoms with E-state index in [9.17, 15) is 9.18 Å². The van der Waals surface area contributed by atoms with Crippen LogP contribution in [0.1, 0.15) is 41.8 Å². The van der Waals surface area contributed by atoms with Gasteiger partial charge in [-0.2, -0.15) is 5.26 Å². The summed E-state index contributed by atoms with van der Waals surface area (Å²) in [6.45, 7) is 4.66. The van der Waals surface area contributed by atoms with Crippen molar-refractivity contribution in [2.24, 2.45) is 0 Å². The number of carbonyl (C=O) groups excluding carboxylic acids is 1. The maximum Gasteiger partial charge on any atom is 0.237 e. The summed E-state index contributed by atoms with van der Waals surface area (Å²) >= 11 is 1.72. The van der Waals surface area contributed by atoms with Gasteiger partial charge in [0, 0.05) is 18.8 Å². The van der Waals surface area contributed by atoms with Gasteiger partial charge in [-0.15, -0.1) is 11.8 Å². The monoisotopic (exact) mass is 411 g/mol. The smallest absolute Gasteiger partial charge is 0.237 e. The molecule has 0 spiro atoms. The highest BCUT2D eigenvalue weighted by atomic mass is 32.2. The van der Waals surface area contributed by atoms with Crippen LogP contribution in [0.2, 0.25) is 0 Å². The molecule has 2 aromatic carbocycles. The average molecular weight is 412 g/mol. The number of halogens is 1. The standard InChI is InChI=1S/C23H26FN3OS/c1-2-3-11-26(16-19-6-4-5-18(14-19)15-25)17-22(28)27-12-13-29-23(27)20-7-9-21(24)10-8-20/h4-10,14,23H,2-3,11-13,16-17H2,1H3/t23-/m1/s1. The maximum atomic E-state index is 13.3. The fourth-order valence-corrected chi connectivity index (χ4v) is 4.78. The second-order valence-electron chi connectivity index (χ2n) is 7.24. The Balaban J connectivity index is 1.69. The molecule has 3 rings (SSSR count). The number of nitriles is 1. The van der Waals surface area contributed by atoms with E-state index in [0.717, 1.165) is 36.3 Å². The first-order valence-corrected chi connectivity index (χ1v) is 11.0. The Morgan fingerprint density at radius 2 is 2.10 bits per heavy atom. The van der Waals surface area contributed by atoms with Crippen molar-refractivity contribution >= 4 is 17.7 Å². The SMILES string of the molecule is CCCCN(CC(=O)N1CCS[C@@H]1c1ccc(F)cc1)Cc1cccc(C#N)c1. The number of benzene rings is 2. The third-order valence-corrected chi connectivity index (χ3v) is 6.28. The van der Waals surface area contributed by atoms with E-state index >= 15 is 0 Å². The summed E-state index contributed by atoms with van der Waals surface area (Å²) in [5.74, 6) is 0.712. The first-order valence-electron chi connectivity index (χ1n) is 9.98. The quantitative estimate of drug-likeness (QED) is 0.638. The number of unbranched alkanes of at least 4 members (excludes halogenated alkanes) is 1. The highest BCUT2D eigenvalue weighted by molar-refractivity contribution is 7.99. The summed E-state index contributed by atoms with van der Waals surface area (Å²) in [5.41, 5.74) is 2.64. The van der Waals surface area contributed by atoms with Crippen molar-refractivity contribution in [3.63, 3.8) is 0 Å². The first kappa shape index (κ1) is 21.4. The predicted molar refractivity (Wildman–Crippen MR) is 115 cm³/mol. The predicted octanol–water partition coefficient (Wildman–Crippen LogP) is 4.57. The molecule has 1 amide bonds. The second kappa shape index (κ2) is 10.4. The van der Waals surface area contributed by atoms with E-state index in [1.165, 1.54) is 12.1 Å². The fourth-order valence-electron chi connectivity index (χ4n) is 3.50. The van der Waals surface area contributed by atoms with Crippen LogP contribution < -0.4 is 0 Å². The fraction of sp³-hybridized carbons (Fsp3) is 0.391. The van der Waals surface area contributed by atoms with Gasteiger partial charge in [0.1, 0.15) is 11.2 Å². The molecule has 1 aliphatic heterocycles. The van der Waals surface area contributed by atoms with Gasteiger partial charge in [0.15, 0.2) is 0 Å². The Morgan fingerprint density at radius 3 is 2.83 bits per heavy atom. The van der Waals surface area contributed by atoms with Crippen LogP contribution in [0.25, 0.3) is 0 Å². The summed E-state index contributed by atoms with van der Waals surface area (Å²) in [6, 6.07) is 16.2. The summed E-state index contributed by atoms with van der Waals surface area (Å²) in [7, 11) is 0. The van der Waals surface area contributed by atoms with Crippen LogP contribution in [0.4, 0.5) is 4.39 Å². The van der Waals surface area contributed by atoms with Crippen LogP contribution in [0, 0.1) is 17.1 Å². The van der Waals surface area contributed by atoms with Crippen molar-refractivity contribution in [1.29, 1.82) is 5.26 Å². The Bertz CT molecular complexity index is 865. The van der Waals surface area contributed by atoms with Crippen molar-refractivity contribution < 1.29 is 9.18 Å². The Labute approximate surface area is 176 Å². The zero-order valence-corrected chi connectivity index (χ0v) is 17.5. The molecule has 1 aliphatic rings. The van der Waals surface area contributed by atoms with Gasteiger partial charge in [-0.3, -0.25) is 9.69 Å². The minimum Gasteiger partial charge on any atom is -0.325 e. The molecular formula is C23H26FN3OS. The Morgan fingerprint density at radius 1 is 1.31 bits per heavy atom. The number of hydrogen-bond acceptors (Lipinski definition) is 4. The largest absolute Gasteiger partial charge is 0.325 e. The minimum absolute atomic E-state index is 0.0574. The van der Waals surface area contributed by atoms with Crippen LogP contribution in [-0.2, 0) is 11.3 Å². The second-order valence-corrected chi connectivity index (χ2v) is 8.43. The van der Waals surface area contributed by atoms with Gasteiger partial charge in [-0.25, -0.2) is 4.39 Å². The molecule has 0 N–H and O–H groups in total. The van der Waals surface area contributed by atoms with E-state index in [0.29, 0.717) is 25.2 Å². The highest BCUT2D eigenvalue weighted by Gasteiger charge is 2.31. The van der Waals surface area contributed by atoms with Gasteiger partial charge in [0.2, 0.25) is 5.91 Å². The van der Waals surface area contributed by atoms with Crippen LogP contribution in [-0.4, -0.2) is 41.1 Å². The number of rotatable bonds is 8. The van der Waals surface area contributed by atoms with Gasteiger partial charge in [-0.1, -0.05) is 37.6 Å². The molecule has 0 aliphatic carbocycles. The third kappa shape index (κ3) is 5.81. The Hall–Kier alpha value is -2.36. The van der Waals surface area contributed by atoms with Crippen molar-refractivity contribution in [2.45, 2.75) is 31.7 Å². The lowest BCUT2D eigenvalue weighted by Gasteiger charge is -2.28. The Kier molecular flexibility index (Phi) is 7.68. The van der Waals surface area contributed by atoms with Gasteiger partial charge >= 0.3 is 0 Å². The molecule has 1 heterocycles. The molecule has 0 unspecified atom stereocenters. The molecule has 29 heavy (non-hydrogen) atoms. The van der Waals surface area contributed by atoms with Gasteiger partial charge in [0.05, 0.1) is 18.2 Å². The van der Waals surface area contributed by atoms with Crippen LogP contribution in [0.15, 0.2) is 48.5 Å². The van der Waals surface area contributed by atoms with E-state index in [1.54, 1.807) is 30.0 Å². The summed E-state index contributed by atoms with van der Waals surface area (Å²) in [4.78, 5) is 17.2. The lowest BCUT2D eigenvalue weighted by molar-refractivity contribution is -0.132. The van der Waals surface area contributed by atoms with E-state index < -0.39 is 0 Å². The molecule has 0 bridgehead atoms. The summed E-state index contributed by atoms with van der Waals surface area (Å²) in [6.07, 6.45) is 2.07. The molecule has 4 nitrogen and oxygen atoms in total. The van der Waals surface area contributed by atoms with E-state index in [-0.39, 0.29) is 17.1 Å².